The highest BCUT2D eigenvalue weighted by Crippen LogP contribution is 2.33. The first-order valence-corrected chi connectivity index (χ1v) is 7.23. The normalized spacial score (nSPS) is 18.4. The minimum Gasteiger partial charge on any atom is -0.481 e. The molecule has 0 fully saturated rings. The van der Waals surface area contributed by atoms with Crippen molar-refractivity contribution in [2.75, 3.05) is 11.9 Å². The fourth-order valence-electron chi connectivity index (χ4n) is 3.06. The highest BCUT2D eigenvalue weighted by molar-refractivity contribution is 5.94. The average Bonchev–Trinajstić information content (AvgIpc) is 2.72. The van der Waals surface area contributed by atoms with Crippen LogP contribution in [0.15, 0.2) is 18.2 Å². The van der Waals surface area contributed by atoms with Crippen LogP contribution in [-0.4, -0.2) is 36.1 Å². The third-order valence-corrected chi connectivity index (χ3v) is 4.01. The topological polar surface area (TPSA) is 69.6 Å². The molecule has 2 N–H and O–H groups in total. The summed E-state index contributed by atoms with van der Waals surface area (Å²) in [5.41, 5.74) is 3.25. The van der Waals surface area contributed by atoms with Crippen molar-refractivity contribution in [1.29, 1.82) is 0 Å². The van der Waals surface area contributed by atoms with Gasteiger partial charge in [-0.2, -0.15) is 0 Å². The van der Waals surface area contributed by atoms with Gasteiger partial charge in [-0.05, 0) is 44.0 Å². The highest BCUT2D eigenvalue weighted by Gasteiger charge is 2.29. The van der Waals surface area contributed by atoms with E-state index in [1.807, 2.05) is 24.0 Å². The van der Waals surface area contributed by atoms with Gasteiger partial charge < -0.3 is 15.3 Å². The van der Waals surface area contributed by atoms with Crippen LogP contribution < -0.4 is 10.2 Å². The lowest BCUT2D eigenvalue weighted by molar-refractivity contribution is -0.137. The molecule has 1 amide bonds. The van der Waals surface area contributed by atoms with Gasteiger partial charge in [-0.15, -0.1) is 0 Å². The molecule has 5 heteroatoms. The second kappa shape index (κ2) is 6.26. The van der Waals surface area contributed by atoms with Crippen molar-refractivity contribution in [1.82, 2.24) is 5.32 Å². The van der Waals surface area contributed by atoms with Crippen molar-refractivity contribution in [2.24, 2.45) is 0 Å². The van der Waals surface area contributed by atoms with Crippen LogP contribution in [0.2, 0.25) is 0 Å². The standard InChI is InChI=1S/C16H22N2O3/c1-10-6-13-7-12(8-14(17-3)9-16(20)21)4-5-15(13)18(10)11(2)19/h4-5,7,10,14,17H,6,8-9H2,1-3H3,(H,20,21). The lowest BCUT2D eigenvalue weighted by Gasteiger charge is -2.21. The minimum absolute atomic E-state index is 0.0629. The summed E-state index contributed by atoms with van der Waals surface area (Å²) < 4.78 is 0. The summed E-state index contributed by atoms with van der Waals surface area (Å²) >= 11 is 0. The number of rotatable bonds is 5. The molecule has 2 atom stereocenters. The van der Waals surface area contributed by atoms with Crippen molar-refractivity contribution < 1.29 is 14.7 Å². The number of likely N-dealkylation sites (N-methyl/N-ethyl adjacent to an activating group) is 1. The van der Waals surface area contributed by atoms with Crippen LogP contribution in [0.5, 0.6) is 0 Å². The number of fused-ring (bicyclic) bond motifs is 1. The molecule has 0 saturated carbocycles. The molecule has 0 radical (unpaired) electrons. The number of benzene rings is 1. The Kier molecular flexibility index (Phi) is 4.63. The van der Waals surface area contributed by atoms with E-state index in [9.17, 15) is 9.59 Å². The van der Waals surface area contributed by atoms with E-state index in [2.05, 4.69) is 11.4 Å². The van der Waals surface area contributed by atoms with Crippen molar-refractivity contribution >= 4 is 17.6 Å². The first kappa shape index (κ1) is 15.5. The molecule has 114 valence electrons. The zero-order valence-corrected chi connectivity index (χ0v) is 12.7. The van der Waals surface area contributed by atoms with Gasteiger partial charge in [0.2, 0.25) is 5.91 Å². The molecule has 1 aliphatic heterocycles. The molecule has 2 rings (SSSR count). The summed E-state index contributed by atoms with van der Waals surface area (Å²) in [7, 11) is 1.78. The van der Waals surface area contributed by atoms with Crippen LogP contribution in [0.4, 0.5) is 5.69 Å². The van der Waals surface area contributed by atoms with Crippen molar-refractivity contribution in [3.05, 3.63) is 29.3 Å². The van der Waals surface area contributed by atoms with Crippen molar-refractivity contribution in [3.8, 4) is 0 Å². The Morgan fingerprint density at radius 3 is 2.76 bits per heavy atom. The fourth-order valence-corrected chi connectivity index (χ4v) is 3.06. The van der Waals surface area contributed by atoms with Crippen LogP contribution in [0.3, 0.4) is 0 Å². The molecule has 21 heavy (non-hydrogen) atoms. The Labute approximate surface area is 125 Å². The number of hydrogen-bond acceptors (Lipinski definition) is 3. The number of carboxylic acids is 1. The Balaban J connectivity index is 2.17. The van der Waals surface area contributed by atoms with Gasteiger partial charge in [-0.3, -0.25) is 9.59 Å². The van der Waals surface area contributed by atoms with Gasteiger partial charge in [0.1, 0.15) is 0 Å². The molecular formula is C16H22N2O3. The number of carbonyl (C=O) groups excluding carboxylic acids is 1. The Morgan fingerprint density at radius 2 is 2.19 bits per heavy atom. The van der Waals surface area contributed by atoms with Crippen LogP contribution in [-0.2, 0) is 22.4 Å². The van der Waals surface area contributed by atoms with E-state index < -0.39 is 5.97 Å². The van der Waals surface area contributed by atoms with Crippen LogP contribution in [0.25, 0.3) is 0 Å². The number of aliphatic carboxylic acids is 1. The molecule has 1 heterocycles. The second-order valence-corrected chi connectivity index (χ2v) is 5.69. The molecule has 0 aromatic heterocycles. The Morgan fingerprint density at radius 1 is 1.48 bits per heavy atom. The quantitative estimate of drug-likeness (QED) is 0.864. The van der Waals surface area contributed by atoms with E-state index >= 15 is 0 Å². The molecule has 0 aliphatic carbocycles. The molecule has 1 aromatic carbocycles. The maximum Gasteiger partial charge on any atom is 0.304 e. The molecular weight excluding hydrogens is 268 g/mol. The van der Waals surface area contributed by atoms with E-state index in [0.29, 0.717) is 6.42 Å². The van der Waals surface area contributed by atoms with Gasteiger partial charge in [0.15, 0.2) is 0 Å². The Hall–Kier alpha value is -1.88. The molecule has 0 spiro atoms. The number of amides is 1. The summed E-state index contributed by atoms with van der Waals surface area (Å²) in [6, 6.07) is 6.17. The number of nitrogens with one attached hydrogen (secondary N) is 1. The SMILES string of the molecule is CNC(CC(=O)O)Cc1ccc2c(c1)CC(C)N2C(C)=O. The first-order chi connectivity index (χ1) is 9.92. The van der Waals surface area contributed by atoms with Gasteiger partial charge in [-0.1, -0.05) is 12.1 Å². The molecule has 5 nitrogen and oxygen atoms in total. The van der Waals surface area contributed by atoms with Gasteiger partial charge in [0.05, 0.1) is 6.42 Å². The maximum atomic E-state index is 11.7. The van der Waals surface area contributed by atoms with Crippen LogP contribution >= 0.6 is 0 Å². The average molecular weight is 290 g/mol. The molecule has 0 saturated heterocycles. The van der Waals surface area contributed by atoms with E-state index in [1.165, 1.54) is 5.56 Å². The zero-order chi connectivity index (χ0) is 15.6. The van der Waals surface area contributed by atoms with Gasteiger partial charge in [0, 0.05) is 24.7 Å². The number of hydrogen-bond donors (Lipinski definition) is 2. The molecule has 2 unspecified atom stereocenters. The number of anilines is 1. The van der Waals surface area contributed by atoms with E-state index in [-0.39, 0.29) is 24.4 Å². The lowest BCUT2D eigenvalue weighted by Crippen LogP contribution is -2.33. The van der Waals surface area contributed by atoms with E-state index in [4.69, 9.17) is 5.11 Å². The summed E-state index contributed by atoms with van der Waals surface area (Å²) in [6.45, 7) is 3.63. The number of nitrogens with zero attached hydrogens (tertiary/aromatic N) is 1. The summed E-state index contributed by atoms with van der Waals surface area (Å²) in [5.74, 6) is -0.736. The molecule has 0 bridgehead atoms. The van der Waals surface area contributed by atoms with Crippen LogP contribution in [0.1, 0.15) is 31.4 Å². The molecule has 1 aliphatic rings. The summed E-state index contributed by atoms with van der Waals surface area (Å²) in [6.07, 6.45) is 1.62. The Bertz CT molecular complexity index is 556. The molecule has 1 aromatic rings. The first-order valence-electron chi connectivity index (χ1n) is 7.23. The maximum absolute atomic E-state index is 11.7. The lowest BCUT2D eigenvalue weighted by atomic mass is 10.00. The monoisotopic (exact) mass is 290 g/mol. The summed E-state index contributed by atoms with van der Waals surface area (Å²) in [4.78, 5) is 24.3. The van der Waals surface area contributed by atoms with E-state index in [1.54, 1.807) is 14.0 Å². The number of carboxylic acid groups (broad SMARTS) is 1. The largest absolute Gasteiger partial charge is 0.481 e. The second-order valence-electron chi connectivity index (χ2n) is 5.69. The van der Waals surface area contributed by atoms with Gasteiger partial charge in [-0.25, -0.2) is 0 Å². The van der Waals surface area contributed by atoms with Gasteiger partial charge >= 0.3 is 5.97 Å². The highest BCUT2D eigenvalue weighted by atomic mass is 16.4. The van der Waals surface area contributed by atoms with E-state index in [0.717, 1.165) is 17.7 Å². The van der Waals surface area contributed by atoms with Crippen molar-refractivity contribution in [3.63, 3.8) is 0 Å². The minimum atomic E-state index is -0.799. The predicted octanol–water partition coefficient (Wildman–Crippen LogP) is 1.59. The third-order valence-electron chi connectivity index (χ3n) is 4.01. The van der Waals surface area contributed by atoms with Crippen molar-refractivity contribution in [2.45, 2.75) is 45.2 Å². The fraction of sp³-hybridized carbons (Fsp3) is 0.500. The smallest absolute Gasteiger partial charge is 0.304 e. The predicted molar refractivity (Wildman–Crippen MR) is 81.6 cm³/mol. The number of carbonyl (C=O) groups is 2. The zero-order valence-electron chi connectivity index (χ0n) is 12.7. The third kappa shape index (κ3) is 3.42. The van der Waals surface area contributed by atoms with Crippen LogP contribution in [0, 0.1) is 0 Å². The van der Waals surface area contributed by atoms with Gasteiger partial charge in [0.25, 0.3) is 0 Å². The summed E-state index contributed by atoms with van der Waals surface area (Å²) in [5, 5.41) is 11.9.